The van der Waals surface area contributed by atoms with Crippen LogP contribution in [-0.4, -0.2) is 18.1 Å². The molecule has 0 aliphatic heterocycles. The number of benzene rings is 1. The summed E-state index contributed by atoms with van der Waals surface area (Å²) in [7, 11) is 0. The van der Waals surface area contributed by atoms with Crippen molar-refractivity contribution in [1.82, 2.24) is 10.3 Å². The van der Waals surface area contributed by atoms with Crippen molar-refractivity contribution in [3.05, 3.63) is 45.9 Å². The van der Waals surface area contributed by atoms with E-state index in [-0.39, 0.29) is 0 Å². The largest absolute Gasteiger partial charge is 0.494 e. The topological polar surface area (TPSA) is 57.9 Å². The molecule has 23 heavy (non-hydrogen) atoms. The zero-order valence-corrected chi connectivity index (χ0v) is 14.4. The van der Waals surface area contributed by atoms with Crippen LogP contribution in [0.3, 0.4) is 0 Å². The van der Waals surface area contributed by atoms with Gasteiger partial charge in [0, 0.05) is 31.3 Å². The summed E-state index contributed by atoms with van der Waals surface area (Å²) in [6.45, 7) is 4.46. The highest BCUT2D eigenvalue weighted by Gasteiger charge is 2.01. The Balaban J connectivity index is 1.69. The van der Waals surface area contributed by atoms with Crippen LogP contribution < -0.4 is 10.1 Å². The molecular weight excluding hydrogens is 306 g/mol. The van der Waals surface area contributed by atoms with Gasteiger partial charge in [0.1, 0.15) is 5.75 Å². The Hall–Kier alpha value is -1.90. The van der Waals surface area contributed by atoms with E-state index >= 15 is 0 Å². The first kappa shape index (κ1) is 17.5. The SMILES string of the molecule is CCc1nc(CCNCc2cccc(OCCCC#N)c2)cs1. The number of thiazole rings is 1. The molecule has 1 N–H and O–H groups in total. The Morgan fingerprint density at radius 1 is 1.39 bits per heavy atom. The molecule has 2 rings (SSSR count). The second kappa shape index (κ2) is 9.98. The van der Waals surface area contributed by atoms with Crippen LogP contribution in [0.25, 0.3) is 0 Å². The van der Waals surface area contributed by atoms with Crippen molar-refractivity contribution in [3.63, 3.8) is 0 Å². The van der Waals surface area contributed by atoms with Crippen molar-refractivity contribution in [2.75, 3.05) is 13.2 Å². The van der Waals surface area contributed by atoms with Gasteiger partial charge < -0.3 is 10.1 Å². The first-order chi connectivity index (χ1) is 11.3. The van der Waals surface area contributed by atoms with Crippen LogP contribution in [0, 0.1) is 11.3 Å². The molecule has 1 aromatic carbocycles. The molecule has 0 unspecified atom stereocenters. The van der Waals surface area contributed by atoms with E-state index < -0.39 is 0 Å². The number of nitrogens with zero attached hydrogens (tertiary/aromatic N) is 2. The van der Waals surface area contributed by atoms with Gasteiger partial charge in [-0.15, -0.1) is 11.3 Å². The molecular formula is C18H23N3OS. The molecule has 0 amide bonds. The Kier molecular flexibility index (Phi) is 7.58. The second-order valence-corrected chi connectivity index (χ2v) is 6.21. The van der Waals surface area contributed by atoms with Crippen molar-refractivity contribution in [2.45, 2.75) is 39.2 Å². The fourth-order valence-electron chi connectivity index (χ4n) is 2.16. The van der Waals surface area contributed by atoms with E-state index in [1.54, 1.807) is 11.3 Å². The van der Waals surface area contributed by atoms with Crippen LogP contribution in [0.5, 0.6) is 5.75 Å². The Bertz CT molecular complexity index is 633. The first-order valence-electron chi connectivity index (χ1n) is 8.04. The fourth-order valence-corrected chi connectivity index (χ4v) is 2.94. The maximum atomic E-state index is 8.51. The van der Waals surface area contributed by atoms with Gasteiger partial charge in [-0.2, -0.15) is 5.26 Å². The minimum Gasteiger partial charge on any atom is -0.494 e. The molecule has 0 saturated heterocycles. The summed E-state index contributed by atoms with van der Waals surface area (Å²) in [5.41, 5.74) is 2.38. The minimum absolute atomic E-state index is 0.539. The minimum atomic E-state index is 0.539. The lowest BCUT2D eigenvalue weighted by Crippen LogP contribution is -2.16. The van der Waals surface area contributed by atoms with E-state index in [2.05, 4.69) is 40.8 Å². The van der Waals surface area contributed by atoms with Crippen molar-refractivity contribution in [1.29, 1.82) is 5.26 Å². The highest BCUT2D eigenvalue weighted by atomic mass is 32.1. The summed E-state index contributed by atoms with van der Waals surface area (Å²) < 4.78 is 5.65. The number of nitrogens with one attached hydrogen (secondary N) is 1. The summed E-state index contributed by atoms with van der Waals surface area (Å²) in [6.07, 6.45) is 3.28. The van der Waals surface area contributed by atoms with E-state index in [1.807, 2.05) is 12.1 Å². The number of nitriles is 1. The number of ether oxygens (including phenoxy) is 1. The quantitative estimate of drug-likeness (QED) is 0.675. The van der Waals surface area contributed by atoms with Gasteiger partial charge in [-0.05, 0) is 30.5 Å². The monoisotopic (exact) mass is 329 g/mol. The number of rotatable bonds is 10. The molecule has 0 fully saturated rings. The molecule has 1 aromatic heterocycles. The Labute approximate surface area is 142 Å². The standard InChI is InChI=1S/C18H23N3OS/c1-2-18-21-16(14-23-18)8-10-20-13-15-6-5-7-17(12-15)22-11-4-3-9-19/h5-7,12,14,20H,2-4,8,10-11,13H2,1H3. The van der Waals surface area contributed by atoms with E-state index in [0.29, 0.717) is 13.0 Å². The van der Waals surface area contributed by atoms with Crippen LogP contribution in [0.2, 0.25) is 0 Å². The Morgan fingerprint density at radius 3 is 3.09 bits per heavy atom. The van der Waals surface area contributed by atoms with Crippen LogP contribution >= 0.6 is 11.3 Å². The average Bonchev–Trinajstić information content (AvgIpc) is 3.04. The molecule has 0 atom stereocenters. The smallest absolute Gasteiger partial charge is 0.119 e. The molecule has 0 bridgehead atoms. The lowest BCUT2D eigenvalue weighted by molar-refractivity contribution is 0.312. The molecule has 0 aliphatic carbocycles. The molecule has 0 radical (unpaired) electrons. The van der Waals surface area contributed by atoms with Gasteiger partial charge in [-0.3, -0.25) is 0 Å². The summed E-state index contributed by atoms with van der Waals surface area (Å²) in [4.78, 5) is 4.57. The van der Waals surface area contributed by atoms with Gasteiger partial charge in [0.05, 0.1) is 23.4 Å². The van der Waals surface area contributed by atoms with E-state index in [0.717, 1.165) is 38.1 Å². The van der Waals surface area contributed by atoms with Crippen molar-refractivity contribution < 1.29 is 4.74 Å². The van der Waals surface area contributed by atoms with Gasteiger partial charge in [0.2, 0.25) is 0 Å². The molecule has 4 nitrogen and oxygen atoms in total. The summed E-state index contributed by atoms with van der Waals surface area (Å²) in [5, 5.41) is 15.3. The summed E-state index contributed by atoms with van der Waals surface area (Å²) in [5.74, 6) is 0.870. The summed E-state index contributed by atoms with van der Waals surface area (Å²) >= 11 is 1.74. The number of unbranched alkanes of at least 4 members (excludes halogenated alkanes) is 1. The zero-order valence-electron chi connectivity index (χ0n) is 13.5. The lowest BCUT2D eigenvalue weighted by atomic mass is 10.2. The maximum Gasteiger partial charge on any atom is 0.119 e. The fraction of sp³-hybridized carbons (Fsp3) is 0.444. The predicted molar refractivity (Wildman–Crippen MR) is 93.7 cm³/mol. The molecule has 5 heteroatoms. The number of aryl methyl sites for hydroxylation is 1. The van der Waals surface area contributed by atoms with Crippen molar-refractivity contribution in [3.8, 4) is 11.8 Å². The molecule has 2 aromatic rings. The third kappa shape index (κ3) is 6.39. The number of hydrogen-bond acceptors (Lipinski definition) is 5. The molecule has 1 heterocycles. The van der Waals surface area contributed by atoms with Crippen LogP contribution in [0.4, 0.5) is 0 Å². The van der Waals surface area contributed by atoms with E-state index in [9.17, 15) is 0 Å². The van der Waals surface area contributed by atoms with E-state index in [1.165, 1.54) is 16.3 Å². The highest BCUT2D eigenvalue weighted by molar-refractivity contribution is 7.09. The predicted octanol–water partition coefficient (Wildman–Crippen LogP) is 3.72. The molecule has 0 saturated carbocycles. The number of aromatic nitrogens is 1. The van der Waals surface area contributed by atoms with Gasteiger partial charge in [0.15, 0.2) is 0 Å². The first-order valence-corrected chi connectivity index (χ1v) is 8.92. The van der Waals surface area contributed by atoms with Gasteiger partial charge in [-0.1, -0.05) is 19.1 Å². The van der Waals surface area contributed by atoms with Crippen molar-refractivity contribution >= 4 is 11.3 Å². The van der Waals surface area contributed by atoms with Crippen LogP contribution in [0.15, 0.2) is 29.6 Å². The molecule has 122 valence electrons. The average molecular weight is 329 g/mol. The lowest BCUT2D eigenvalue weighted by Gasteiger charge is -2.08. The maximum absolute atomic E-state index is 8.51. The molecule has 0 spiro atoms. The Morgan fingerprint density at radius 2 is 2.30 bits per heavy atom. The molecule has 0 aliphatic rings. The normalized spacial score (nSPS) is 10.4. The van der Waals surface area contributed by atoms with E-state index in [4.69, 9.17) is 10.00 Å². The third-order valence-corrected chi connectivity index (χ3v) is 4.43. The highest BCUT2D eigenvalue weighted by Crippen LogP contribution is 2.14. The zero-order chi connectivity index (χ0) is 16.3. The van der Waals surface area contributed by atoms with Gasteiger partial charge in [-0.25, -0.2) is 4.98 Å². The third-order valence-electron chi connectivity index (χ3n) is 3.39. The van der Waals surface area contributed by atoms with Crippen molar-refractivity contribution in [2.24, 2.45) is 0 Å². The van der Waals surface area contributed by atoms with Crippen LogP contribution in [0.1, 0.15) is 36.0 Å². The number of hydrogen-bond donors (Lipinski definition) is 1. The second-order valence-electron chi connectivity index (χ2n) is 5.27. The summed E-state index contributed by atoms with van der Waals surface area (Å²) in [6, 6.07) is 10.2. The van der Waals surface area contributed by atoms with Gasteiger partial charge in [0.25, 0.3) is 0 Å². The van der Waals surface area contributed by atoms with Crippen LogP contribution in [-0.2, 0) is 19.4 Å². The van der Waals surface area contributed by atoms with Gasteiger partial charge >= 0.3 is 0 Å².